The maximum atomic E-state index is 13.0. The topological polar surface area (TPSA) is 55.3 Å². The summed E-state index contributed by atoms with van der Waals surface area (Å²) in [4.78, 5) is 24.4. The Morgan fingerprint density at radius 3 is 3.04 bits per heavy atom. The van der Waals surface area contributed by atoms with Crippen molar-refractivity contribution in [1.82, 2.24) is 9.97 Å². The number of ether oxygens (including phenoxy) is 1. The summed E-state index contributed by atoms with van der Waals surface area (Å²) in [7, 11) is 0. The molecule has 1 saturated carbocycles. The quantitative estimate of drug-likeness (QED) is 0.868. The van der Waals surface area contributed by atoms with Gasteiger partial charge in [-0.05, 0) is 44.2 Å². The average Bonchev–Trinajstić information content (AvgIpc) is 3.27. The predicted molar refractivity (Wildman–Crippen MR) is 89.4 cm³/mol. The fourth-order valence-corrected chi connectivity index (χ4v) is 3.97. The number of carbonyl (C=O) groups excluding carboxylic acids is 1. The Morgan fingerprint density at radius 1 is 1.43 bits per heavy atom. The molecule has 0 saturated heterocycles. The number of fused-ring (bicyclic) bond motifs is 1. The van der Waals surface area contributed by atoms with Gasteiger partial charge in [0.15, 0.2) is 0 Å². The number of aromatic nitrogens is 2. The Morgan fingerprint density at radius 2 is 2.26 bits per heavy atom. The fraction of sp³-hybridized carbons (Fsp3) is 0.471. The van der Waals surface area contributed by atoms with Crippen molar-refractivity contribution in [3.05, 3.63) is 33.4 Å². The highest BCUT2D eigenvalue weighted by atomic mass is 32.1. The third kappa shape index (κ3) is 2.83. The van der Waals surface area contributed by atoms with E-state index in [0.29, 0.717) is 19.0 Å². The number of anilines is 1. The number of pyridine rings is 1. The van der Waals surface area contributed by atoms with E-state index in [1.54, 1.807) is 22.4 Å². The standard InChI is InChI=1S/C17H19N3O2S/c1-10-7-13-16(18-9-10)22-6-5-20(13)17(21)15-11(2)19-14(23-15)8-12-3-4-12/h7,9,12H,3-6,8H2,1-2H3. The molecule has 3 heterocycles. The van der Waals surface area contributed by atoms with E-state index in [9.17, 15) is 4.79 Å². The summed E-state index contributed by atoms with van der Waals surface area (Å²) in [6.45, 7) is 4.92. The van der Waals surface area contributed by atoms with Gasteiger partial charge in [-0.15, -0.1) is 11.3 Å². The molecule has 0 radical (unpaired) electrons. The molecule has 0 unspecified atom stereocenters. The van der Waals surface area contributed by atoms with Gasteiger partial charge in [0.1, 0.15) is 17.2 Å². The van der Waals surface area contributed by atoms with Gasteiger partial charge in [0.05, 0.1) is 17.2 Å². The predicted octanol–water partition coefficient (Wildman–Crippen LogP) is 3.15. The maximum absolute atomic E-state index is 13.0. The van der Waals surface area contributed by atoms with Gasteiger partial charge < -0.3 is 4.74 Å². The zero-order chi connectivity index (χ0) is 16.0. The first-order chi connectivity index (χ1) is 11.1. The molecule has 0 aromatic carbocycles. The van der Waals surface area contributed by atoms with Crippen LogP contribution in [0.4, 0.5) is 5.69 Å². The van der Waals surface area contributed by atoms with E-state index >= 15 is 0 Å². The van der Waals surface area contributed by atoms with Crippen molar-refractivity contribution in [2.24, 2.45) is 5.92 Å². The van der Waals surface area contributed by atoms with Crippen LogP contribution in [0.15, 0.2) is 12.3 Å². The zero-order valence-corrected chi connectivity index (χ0v) is 14.2. The molecule has 2 aliphatic rings. The minimum absolute atomic E-state index is 0.0130. The highest BCUT2D eigenvalue weighted by Gasteiger charge is 2.30. The number of nitrogens with zero attached hydrogens (tertiary/aromatic N) is 3. The lowest BCUT2D eigenvalue weighted by atomic mass is 10.2. The van der Waals surface area contributed by atoms with E-state index in [-0.39, 0.29) is 5.91 Å². The van der Waals surface area contributed by atoms with Crippen LogP contribution in [0.25, 0.3) is 0 Å². The van der Waals surface area contributed by atoms with E-state index in [1.165, 1.54) is 12.8 Å². The second-order valence-corrected chi connectivity index (χ2v) is 7.40. The molecule has 5 nitrogen and oxygen atoms in total. The van der Waals surface area contributed by atoms with Crippen LogP contribution >= 0.6 is 11.3 Å². The molecule has 1 amide bonds. The Labute approximate surface area is 139 Å². The van der Waals surface area contributed by atoms with Gasteiger partial charge in [-0.3, -0.25) is 9.69 Å². The summed E-state index contributed by atoms with van der Waals surface area (Å²) in [6.07, 6.45) is 5.37. The van der Waals surface area contributed by atoms with Gasteiger partial charge in [0, 0.05) is 12.6 Å². The largest absolute Gasteiger partial charge is 0.474 e. The van der Waals surface area contributed by atoms with Gasteiger partial charge in [-0.2, -0.15) is 0 Å². The molecular formula is C17H19N3O2S. The van der Waals surface area contributed by atoms with Gasteiger partial charge in [0.25, 0.3) is 5.91 Å². The second-order valence-electron chi connectivity index (χ2n) is 6.31. The fourth-order valence-electron chi connectivity index (χ4n) is 2.84. The van der Waals surface area contributed by atoms with Crippen LogP contribution < -0.4 is 9.64 Å². The molecule has 2 aromatic heterocycles. The molecule has 0 atom stereocenters. The molecule has 1 aliphatic heterocycles. The van der Waals surface area contributed by atoms with E-state index in [1.807, 2.05) is 19.9 Å². The van der Waals surface area contributed by atoms with Crippen molar-refractivity contribution in [3.63, 3.8) is 0 Å². The summed E-state index contributed by atoms with van der Waals surface area (Å²) in [6, 6.07) is 1.96. The third-order valence-corrected chi connectivity index (χ3v) is 5.42. The van der Waals surface area contributed by atoms with Crippen molar-refractivity contribution in [2.75, 3.05) is 18.1 Å². The SMILES string of the molecule is Cc1cnc2c(c1)N(C(=O)c1sc(CC3CC3)nc1C)CCO2. The normalized spacial score (nSPS) is 16.9. The monoisotopic (exact) mass is 329 g/mol. The smallest absolute Gasteiger partial charge is 0.270 e. The van der Waals surface area contributed by atoms with Gasteiger partial charge in [-0.1, -0.05) is 0 Å². The Kier molecular flexibility index (Phi) is 3.56. The third-order valence-electron chi connectivity index (χ3n) is 4.25. The number of carbonyl (C=O) groups is 1. The van der Waals surface area contributed by atoms with Crippen LogP contribution in [-0.2, 0) is 6.42 Å². The molecule has 120 valence electrons. The molecule has 2 aromatic rings. The Bertz CT molecular complexity index is 767. The van der Waals surface area contributed by atoms with E-state index in [2.05, 4.69) is 9.97 Å². The van der Waals surface area contributed by atoms with Gasteiger partial charge >= 0.3 is 0 Å². The summed E-state index contributed by atoms with van der Waals surface area (Å²) >= 11 is 1.54. The first kappa shape index (κ1) is 14.6. The minimum Gasteiger partial charge on any atom is -0.474 e. The van der Waals surface area contributed by atoms with E-state index in [4.69, 9.17) is 4.74 Å². The van der Waals surface area contributed by atoms with Crippen LogP contribution in [0.2, 0.25) is 0 Å². The van der Waals surface area contributed by atoms with E-state index < -0.39 is 0 Å². The maximum Gasteiger partial charge on any atom is 0.270 e. The van der Waals surface area contributed by atoms with Crippen molar-refractivity contribution in [1.29, 1.82) is 0 Å². The summed E-state index contributed by atoms with van der Waals surface area (Å²) in [5.74, 6) is 1.33. The molecular weight excluding hydrogens is 310 g/mol. The molecule has 23 heavy (non-hydrogen) atoms. The highest BCUT2D eigenvalue weighted by molar-refractivity contribution is 7.14. The summed E-state index contributed by atoms with van der Waals surface area (Å²) in [5.41, 5.74) is 2.62. The lowest BCUT2D eigenvalue weighted by molar-refractivity contribution is 0.0979. The highest BCUT2D eigenvalue weighted by Crippen LogP contribution is 2.36. The van der Waals surface area contributed by atoms with Crippen LogP contribution in [0.1, 0.15) is 38.8 Å². The molecule has 1 fully saturated rings. The Hall–Kier alpha value is -1.95. The lowest BCUT2D eigenvalue weighted by Gasteiger charge is -2.28. The average molecular weight is 329 g/mol. The number of hydrogen-bond donors (Lipinski definition) is 0. The molecule has 0 spiro atoms. The number of thiazole rings is 1. The molecule has 0 N–H and O–H groups in total. The zero-order valence-electron chi connectivity index (χ0n) is 13.3. The molecule has 0 bridgehead atoms. The minimum atomic E-state index is 0.0130. The van der Waals surface area contributed by atoms with Crippen molar-refractivity contribution < 1.29 is 9.53 Å². The second kappa shape index (κ2) is 5.60. The van der Waals surface area contributed by atoms with Crippen LogP contribution in [-0.4, -0.2) is 29.0 Å². The van der Waals surface area contributed by atoms with Crippen molar-refractivity contribution in [2.45, 2.75) is 33.1 Å². The number of hydrogen-bond acceptors (Lipinski definition) is 5. The summed E-state index contributed by atoms with van der Waals surface area (Å²) in [5, 5.41) is 1.09. The number of aryl methyl sites for hydroxylation is 2. The molecule has 6 heteroatoms. The van der Waals surface area contributed by atoms with Crippen molar-refractivity contribution in [3.8, 4) is 5.88 Å². The Balaban J connectivity index is 1.65. The number of amides is 1. The van der Waals surface area contributed by atoms with Crippen LogP contribution in [0, 0.1) is 19.8 Å². The molecule has 4 rings (SSSR count). The lowest BCUT2D eigenvalue weighted by Crippen LogP contribution is -2.38. The van der Waals surface area contributed by atoms with Crippen molar-refractivity contribution >= 4 is 22.9 Å². The van der Waals surface area contributed by atoms with E-state index in [0.717, 1.165) is 39.2 Å². The van der Waals surface area contributed by atoms with Crippen LogP contribution in [0.5, 0.6) is 5.88 Å². The first-order valence-corrected chi connectivity index (χ1v) is 8.81. The first-order valence-electron chi connectivity index (χ1n) is 7.99. The number of rotatable bonds is 3. The van der Waals surface area contributed by atoms with Crippen LogP contribution in [0.3, 0.4) is 0 Å². The van der Waals surface area contributed by atoms with Gasteiger partial charge in [-0.25, -0.2) is 9.97 Å². The molecule has 1 aliphatic carbocycles. The van der Waals surface area contributed by atoms with Gasteiger partial charge in [0.2, 0.25) is 5.88 Å². The summed E-state index contributed by atoms with van der Waals surface area (Å²) < 4.78 is 5.57.